The summed E-state index contributed by atoms with van der Waals surface area (Å²) < 4.78 is 5.17. The van der Waals surface area contributed by atoms with Crippen LogP contribution in [0.25, 0.3) is 0 Å². The molecule has 1 fully saturated rings. The Morgan fingerprint density at radius 1 is 1.59 bits per heavy atom. The van der Waals surface area contributed by atoms with Gasteiger partial charge < -0.3 is 10.5 Å². The van der Waals surface area contributed by atoms with E-state index in [9.17, 15) is 0 Å². The molecule has 0 radical (unpaired) electrons. The standard InChI is InChI=1S/C11H19N3OS2/c1-14-3-4-16-7-9(14)11-13-8(6-15-2)10(5-12)17-11/h9H,3-7,12H2,1-2H3. The average Bonchev–Trinajstić information content (AvgIpc) is 2.73. The molecule has 0 bridgehead atoms. The lowest BCUT2D eigenvalue weighted by Crippen LogP contribution is -2.32. The maximum Gasteiger partial charge on any atom is 0.111 e. The Bertz CT molecular complexity index is 370. The van der Waals surface area contributed by atoms with Gasteiger partial charge in [-0.05, 0) is 7.05 Å². The van der Waals surface area contributed by atoms with Gasteiger partial charge >= 0.3 is 0 Å². The fourth-order valence-corrected chi connectivity index (χ4v) is 4.34. The number of hydrogen-bond acceptors (Lipinski definition) is 6. The molecule has 17 heavy (non-hydrogen) atoms. The summed E-state index contributed by atoms with van der Waals surface area (Å²) in [7, 11) is 3.87. The SMILES string of the molecule is COCc1nc(C2CSCCN2C)sc1CN. The molecule has 96 valence electrons. The zero-order valence-corrected chi connectivity index (χ0v) is 11.9. The van der Waals surface area contributed by atoms with E-state index in [1.807, 2.05) is 11.8 Å². The van der Waals surface area contributed by atoms with Gasteiger partial charge in [-0.3, -0.25) is 4.90 Å². The summed E-state index contributed by atoms with van der Waals surface area (Å²) in [5.74, 6) is 2.34. The second-order valence-corrected chi connectivity index (χ2v) is 6.40. The number of rotatable bonds is 4. The Kier molecular flexibility index (Phi) is 4.81. The third-order valence-electron chi connectivity index (χ3n) is 2.94. The van der Waals surface area contributed by atoms with Gasteiger partial charge in [-0.2, -0.15) is 11.8 Å². The predicted octanol–water partition coefficient (Wildman–Crippen LogP) is 1.47. The van der Waals surface area contributed by atoms with E-state index in [0.29, 0.717) is 19.2 Å². The molecule has 4 nitrogen and oxygen atoms in total. The van der Waals surface area contributed by atoms with Crippen LogP contribution in [0.15, 0.2) is 0 Å². The molecule has 0 spiro atoms. The zero-order chi connectivity index (χ0) is 12.3. The Balaban J connectivity index is 2.19. The molecule has 2 rings (SSSR count). The van der Waals surface area contributed by atoms with Crippen molar-refractivity contribution in [1.29, 1.82) is 0 Å². The minimum Gasteiger partial charge on any atom is -0.378 e. The minimum atomic E-state index is 0.439. The largest absolute Gasteiger partial charge is 0.378 e. The van der Waals surface area contributed by atoms with Gasteiger partial charge in [-0.1, -0.05) is 0 Å². The molecule has 1 saturated heterocycles. The molecular weight excluding hydrogens is 254 g/mol. The predicted molar refractivity (Wildman–Crippen MR) is 73.4 cm³/mol. The summed E-state index contributed by atoms with van der Waals surface area (Å²) >= 11 is 3.74. The van der Waals surface area contributed by atoms with Crippen LogP contribution in [-0.4, -0.2) is 42.1 Å². The zero-order valence-electron chi connectivity index (χ0n) is 10.3. The summed E-state index contributed by atoms with van der Waals surface area (Å²) in [4.78, 5) is 8.24. The van der Waals surface area contributed by atoms with E-state index in [1.54, 1.807) is 18.4 Å². The molecule has 0 saturated carbocycles. The van der Waals surface area contributed by atoms with Crippen LogP contribution in [-0.2, 0) is 17.9 Å². The summed E-state index contributed by atoms with van der Waals surface area (Å²) in [6.07, 6.45) is 0. The molecule has 0 aromatic carbocycles. The average molecular weight is 273 g/mol. The summed E-state index contributed by atoms with van der Waals surface area (Å²) in [6.45, 7) is 2.25. The normalized spacial score (nSPS) is 21.9. The van der Waals surface area contributed by atoms with E-state index in [4.69, 9.17) is 15.5 Å². The van der Waals surface area contributed by atoms with E-state index in [-0.39, 0.29) is 0 Å². The Morgan fingerprint density at radius 2 is 2.41 bits per heavy atom. The third kappa shape index (κ3) is 3.00. The van der Waals surface area contributed by atoms with Gasteiger partial charge in [0.1, 0.15) is 5.01 Å². The van der Waals surface area contributed by atoms with Crippen molar-refractivity contribution in [3.05, 3.63) is 15.6 Å². The van der Waals surface area contributed by atoms with Gasteiger partial charge in [0.05, 0.1) is 18.3 Å². The quantitative estimate of drug-likeness (QED) is 0.900. The summed E-state index contributed by atoms with van der Waals surface area (Å²) in [5.41, 5.74) is 6.77. The van der Waals surface area contributed by atoms with Crippen LogP contribution in [0, 0.1) is 0 Å². The molecule has 2 N–H and O–H groups in total. The van der Waals surface area contributed by atoms with Crippen LogP contribution in [0.2, 0.25) is 0 Å². The van der Waals surface area contributed by atoms with Crippen molar-refractivity contribution in [3.63, 3.8) is 0 Å². The smallest absolute Gasteiger partial charge is 0.111 e. The second-order valence-electron chi connectivity index (χ2n) is 4.13. The van der Waals surface area contributed by atoms with Crippen molar-refractivity contribution in [2.24, 2.45) is 5.73 Å². The fraction of sp³-hybridized carbons (Fsp3) is 0.727. The second kappa shape index (κ2) is 6.15. The van der Waals surface area contributed by atoms with Gasteiger partial charge in [0.15, 0.2) is 0 Å². The van der Waals surface area contributed by atoms with Gasteiger partial charge in [0.25, 0.3) is 0 Å². The van der Waals surface area contributed by atoms with Crippen LogP contribution in [0.4, 0.5) is 0 Å². The molecule has 1 aliphatic rings. The van der Waals surface area contributed by atoms with Crippen LogP contribution >= 0.6 is 23.1 Å². The summed E-state index contributed by atoms with van der Waals surface area (Å²) in [6, 6.07) is 0.439. The highest BCUT2D eigenvalue weighted by molar-refractivity contribution is 7.99. The first-order valence-electron chi connectivity index (χ1n) is 5.71. The van der Waals surface area contributed by atoms with E-state index in [0.717, 1.165) is 22.9 Å². The van der Waals surface area contributed by atoms with Crippen LogP contribution in [0.1, 0.15) is 21.6 Å². The van der Waals surface area contributed by atoms with Crippen molar-refractivity contribution >= 4 is 23.1 Å². The molecule has 2 heterocycles. The maximum absolute atomic E-state index is 5.75. The van der Waals surface area contributed by atoms with Gasteiger partial charge in [-0.25, -0.2) is 4.98 Å². The van der Waals surface area contributed by atoms with Crippen molar-refractivity contribution in [3.8, 4) is 0 Å². The number of nitrogens with two attached hydrogens (primary N) is 1. The molecule has 0 aliphatic carbocycles. The lowest BCUT2D eigenvalue weighted by molar-refractivity contribution is 0.180. The number of thiazole rings is 1. The highest BCUT2D eigenvalue weighted by Crippen LogP contribution is 2.32. The van der Waals surface area contributed by atoms with E-state index < -0.39 is 0 Å². The number of methoxy groups -OCH3 is 1. The number of nitrogens with zero attached hydrogens (tertiary/aromatic N) is 2. The van der Waals surface area contributed by atoms with E-state index >= 15 is 0 Å². The first-order chi connectivity index (χ1) is 8.26. The highest BCUT2D eigenvalue weighted by Gasteiger charge is 2.25. The molecule has 1 aromatic heterocycles. The van der Waals surface area contributed by atoms with E-state index in [2.05, 4.69) is 11.9 Å². The van der Waals surface area contributed by atoms with Crippen molar-refractivity contribution in [2.45, 2.75) is 19.2 Å². The Hall–Kier alpha value is -0.140. The molecular formula is C11H19N3OS2. The maximum atomic E-state index is 5.75. The summed E-state index contributed by atoms with van der Waals surface area (Å²) in [5, 5.41) is 1.19. The van der Waals surface area contributed by atoms with Crippen LogP contribution < -0.4 is 5.73 Å². The van der Waals surface area contributed by atoms with Crippen molar-refractivity contribution in [2.75, 3.05) is 32.2 Å². The number of hydrogen-bond donors (Lipinski definition) is 1. The number of ether oxygens (including phenoxy) is 1. The van der Waals surface area contributed by atoms with Crippen LogP contribution in [0.3, 0.4) is 0 Å². The van der Waals surface area contributed by atoms with Gasteiger partial charge in [0.2, 0.25) is 0 Å². The topological polar surface area (TPSA) is 51.4 Å². The highest BCUT2D eigenvalue weighted by atomic mass is 32.2. The molecule has 1 unspecified atom stereocenters. The Labute approximate surface area is 111 Å². The first kappa shape index (κ1) is 13.3. The molecule has 1 atom stereocenters. The van der Waals surface area contributed by atoms with Gasteiger partial charge in [0, 0.05) is 36.6 Å². The molecule has 1 aromatic rings. The minimum absolute atomic E-state index is 0.439. The fourth-order valence-electron chi connectivity index (χ4n) is 1.90. The van der Waals surface area contributed by atoms with Crippen LogP contribution in [0.5, 0.6) is 0 Å². The van der Waals surface area contributed by atoms with Gasteiger partial charge in [-0.15, -0.1) is 11.3 Å². The number of thioether (sulfide) groups is 1. The third-order valence-corrected chi connectivity index (χ3v) is 5.19. The molecule has 1 aliphatic heterocycles. The Morgan fingerprint density at radius 3 is 3.06 bits per heavy atom. The van der Waals surface area contributed by atoms with Crippen molar-refractivity contribution in [1.82, 2.24) is 9.88 Å². The lowest BCUT2D eigenvalue weighted by atomic mass is 10.3. The lowest BCUT2D eigenvalue weighted by Gasteiger charge is -2.30. The van der Waals surface area contributed by atoms with E-state index in [1.165, 1.54) is 10.8 Å². The monoisotopic (exact) mass is 273 g/mol. The van der Waals surface area contributed by atoms with Crippen molar-refractivity contribution < 1.29 is 4.74 Å². The molecule has 6 heteroatoms. The molecule has 0 amide bonds. The first-order valence-corrected chi connectivity index (χ1v) is 7.68. The number of aromatic nitrogens is 1.